The number of hydrogen-bond donors (Lipinski definition) is 2. The summed E-state index contributed by atoms with van der Waals surface area (Å²) >= 11 is 0. The van der Waals surface area contributed by atoms with Gasteiger partial charge in [0.1, 0.15) is 5.69 Å². The van der Waals surface area contributed by atoms with E-state index in [1.54, 1.807) is 20.8 Å². The van der Waals surface area contributed by atoms with E-state index in [9.17, 15) is 14.4 Å². The maximum Gasteiger partial charge on any atom is 0.355 e. The highest BCUT2D eigenvalue weighted by molar-refractivity contribution is 6.01. The zero-order valence-electron chi connectivity index (χ0n) is 12.4. The van der Waals surface area contributed by atoms with E-state index in [-0.39, 0.29) is 17.4 Å². The van der Waals surface area contributed by atoms with Crippen LogP contribution in [0.25, 0.3) is 0 Å². The van der Waals surface area contributed by atoms with Gasteiger partial charge in [-0.1, -0.05) is 0 Å². The molecule has 0 aliphatic heterocycles. The lowest BCUT2D eigenvalue weighted by molar-refractivity contribution is -0.128. The van der Waals surface area contributed by atoms with E-state index in [4.69, 9.17) is 4.74 Å². The van der Waals surface area contributed by atoms with E-state index < -0.39 is 12.1 Å². The van der Waals surface area contributed by atoms with Crippen molar-refractivity contribution in [1.29, 1.82) is 0 Å². The second kappa shape index (κ2) is 6.36. The second-order valence-corrected chi connectivity index (χ2v) is 4.62. The molecule has 1 heterocycles. The van der Waals surface area contributed by atoms with Crippen LogP contribution in [0.15, 0.2) is 0 Å². The predicted octanol–water partition coefficient (Wildman–Crippen LogP) is 1.52. The Hall–Kier alpha value is -2.11. The Morgan fingerprint density at radius 2 is 1.90 bits per heavy atom. The highest BCUT2D eigenvalue weighted by Gasteiger charge is 2.24. The van der Waals surface area contributed by atoms with Crippen molar-refractivity contribution in [1.82, 2.24) is 10.3 Å². The van der Waals surface area contributed by atoms with E-state index in [0.717, 1.165) is 0 Å². The van der Waals surface area contributed by atoms with Gasteiger partial charge in [-0.15, -0.1) is 0 Å². The van der Waals surface area contributed by atoms with Crippen molar-refractivity contribution in [2.75, 3.05) is 6.54 Å². The summed E-state index contributed by atoms with van der Waals surface area (Å²) in [5.74, 6) is -1.11. The molecule has 0 aliphatic carbocycles. The Bertz CT molecular complexity index is 546. The van der Waals surface area contributed by atoms with Crippen LogP contribution in [0, 0.1) is 13.8 Å². The van der Waals surface area contributed by atoms with Crippen molar-refractivity contribution >= 4 is 17.7 Å². The van der Waals surface area contributed by atoms with Crippen LogP contribution in [-0.4, -0.2) is 35.3 Å². The van der Waals surface area contributed by atoms with Crippen LogP contribution in [0.3, 0.4) is 0 Å². The van der Waals surface area contributed by atoms with Gasteiger partial charge in [0.2, 0.25) is 0 Å². The fraction of sp³-hybridized carbons (Fsp3) is 0.500. The summed E-state index contributed by atoms with van der Waals surface area (Å²) in [6.07, 6.45) is -0.883. The Balaban J connectivity index is 2.91. The SMILES string of the molecule is CCNC(=O)[C@@H](C)OC(=O)c1[nH]c(C)c(C(C)=O)c1C. The molecule has 1 rings (SSSR count). The molecule has 0 spiro atoms. The quantitative estimate of drug-likeness (QED) is 0.632. The van der Waals surface area contributed by atoms with Gasteiger partial charge in [0.15, 0.2) is 11.9 Å². The van der Waals surface area contributed by atoms with Crippen molar-refractivity contribution in [2.45, 2.75) is 40.7 Å². The molecule has 0 bridgehead atoms. The first-order valence-electron chi connectivity index (χ1n) is 6.48. The molecule has 20 heavy (non-hydrogen) atoms. The first kappa shape index (κ1) is 15.9. The van der Waals surface area contributed by atoms with E-state index in [0.29, 0.717) is 23.4 Å². The molecule has 1 amide bonds. The number of aromatic nitrogens is 1. The molecule has 6 nitrogen and oxygen atoms in total. The van der Waals surface area contributed by atoms with Gasteiger partial charge in [0.25, 0.3) is 5.91 Å². The number of carbonyl (C=O) groups excluding carboxylic acids is 3. The zero-order valence-corrected chi connectivity index (χ0v) is 12.4. The van der Waals surface area contributed by atoms with Crippen LogP contribution in [0.4, 0.5) is 0 Å². The molecule has 1 aromatic heterocycles. The van der Waals surface area contributed by atoms with Crippen LogP contribution < -0.4 is 5.32 Å². The van der Waals surface area contributed by atoms with Gasteiger partial charge in [0.05, 0.1) is 0 Å². The Morgan fingerprint density at radius 1 is 1.30 bits per heavy atom. The summed E-state index contributed by atoms with van der Waals surface area (Å²) in [5, 5.41) is 2.57. The molecule has 0 aromatic carbocycles. The largest absolute Gasteiger partial charge is 0.448 e. The first-order chi connectivity index (χ1) is 9.29. The zero-order chi connectivity index (χ0) is 15.4. The molecule has 0 fully saturated rings. The third kappa shape index (κ3) is 3.26. The average molecular weight is 280 g/mol. The standard InChI is InChI=1S/C14H20N2O4/c1-6-15-13(18)10(5)20-14(19)12-7(2)11(9(4)17)8(3)16-12/h10,16H,6H2,1-5H3,(H,15,18)/t10-/m1/s1. The lowest BCUT2D eigenvalue weighted by Gasteiger charge is -2.12. The maximum atomic E-state index is 12.0. The third-order valence-electron chi connectivity index (χ3n) is 3.00. The number of Topliss-reactive ketones (excluding diaryl/α,β-unsaturated/α-hetero) is 1. The van der Waals surface area contributed by atoms with Gasteiger partial charge >= 0.3 is 5.97 Å². The molecule has 0 radical (unpaired) electrons. The number of ether oxygens (including phenoxy) is 1. The molecular weight excluding hydrogens is 260 g/mol. The average Bonchev–Trinajstić information content (AvgIpc) is 2.64. The van der Waals surface area contributed by atoms with Gasteiger partial charge in [0, 0.05) is 17.8 Å². The Morgan fingerprint density at radius 3 is 2.35 bits per heavy atom. The highest BCUT2D eigenvalue weighted by atomic mass is 16.5. The van der Waals surface area contributed by atoms with Crippen LogP contribution in [-0.2, 0) is 9.53 Å². The van der Waals surface area contributed by atoms with Crippen molar-refractivity contribution in [2.24, 2.45) is 0 Å². The molecule has 0 aliphatic rings. The number of aromatic amines is 1. The minimum Gasteiger partial charge on any atom is -0.448 e. The number of H-pyrrole nitrogens is 1. The number of nitrogens with one attached hydrogen (secondary N) is 2. The molecule has 1 aromatic rings. The number of carbonyl (C=O) groups is 3. The van der Waals surface area contributed by atoms with Crippen molar-refractivity contribution < 1.29 is 19.1 Å². The lowest BCUT2D eigenvalue weighted by atomic mass is 10.1. The minimum absolute atomic E-state index is 0.118. The Kier molecular flexibility index (Phi) is 5.07. The summed E-state index contributed by atoms with van der Waals surface area (Å²) < 4.78 is 5.09. The Labute approximate surface area is 117 Å². The fourth-order valence-electron chi connectivity index (χ4n) is 2.07. The molecule has 0 saturated heterocycles. The molecule has 2 N–H and O–H groups in total. The summed E-state index contributed by atoms with van der Waals surface area (Å²) in [7, 11) is 0. The topological polar surface area (TPSA) is 88.3 Å². The van der Waals surface area contributed by atoms with Crippen molar-refractivity contribution in [3.63, 3.8) is 0 Å². The van der Waals surface area contributed by atoms with Gasteiger partial charge < -0.3 is 15.0 Å². The molecule has 6 heteroatoms. The van der Waals surface area contributed by atoms with Crippen LogP contribution >= 0.6 is 0 Å². The van der Waals surface area contributed by atoms with Gasteiger partial charge in [-0.25, -0.2) is 4.79 Å². The van der Waals surface area contributed by atoms with Crippen molar-refractivity contribution in [3.8, 4) is 0 Å². The van der Waals surface area contributed by atoms with E-state index in [1.807, 2.05) is 0 Å². The first-order valence-corrected chi connectivity index (χ1v) is 6.48. The predicted molar refractivity (Wildman–Crippen MR) is 73.8 cm³/mol. The van der Waals surface area contributed by atoms with E-state index in [1.165, 1.54) is 13.8 Å². The monoisotopic (exact) mass is 280 g/mol. The number of hydrogen-bond acceptors (Lipinski definition) is 4. The van der Waals surface area contributed by atoms with Gasteiger partial charge in [-0.3, -0.25) is 9.59 Å². The number of amides is 1. The normalized spacial score (nSPS) is 11.8. The summed E-state index contributed by atoms with van der Waals surface area (Å²) in [4.78, 5) is 37.9. The third-order valence-corrected chi connectivity index (χ3v) is 3.00. The van der Waals surface area contributed by atoms with Gasteiger partial charge in [-0.2, -0.15) is 0 Å². The van der Waals surface area contributed by atoms with Crippen LogP contribution in [0.5, 0.6) is 0 Å². The van der Waals surface area contributed by atoms with Gasteiger partial charge in [-0.05, 0) is 40.2 Å². The number of rotatable bonds is 5. The maximum absolute atomic E-state index is 12.0. The number of aryl methyl sites for hydroxylation is 1. The van der Waals surface area contributed by atoms with Crippen LogP contribution in [0.2, 0.25) is 0 Å². The molecule has 110 valence electrons. The molecule has 0 saturated carbocycles. The minimum atomic E-state index is -0.883. The number of likely N-dealkylation sites (N-methyl/N-ethyl adjacent to an activating group) is 1. The fourth-order valence-corrected chi connectivity index (χ4v) is 2.07. The summed E-state index contributed by atoms with van der Waals surface area (Å²) in [6, 6.07) is 0. The molecular formula is C14H20N2O4. The smallest absolute Gasteiger partial charge is 0.355 e. The van der Waals surface area contributed by atoms with Crippen molar-refractivity contribution in [3.05, 3.63) is 22.5 Å². The van der Waals surface area contributed by atoms with E-state index in [2.05, 4.69) is 10.3 Å². The number of esters is 1. The summed E-state index contributed by atoms with van der Waals surface area (Å²) in [6.45, 7) is 8.58. The van der Waals surface area contributed by atoms with Crippen LogP contribution in [0.1, 0.15) is 52.9 Å². The molecule has 0 unspecified atom stereocenters. The number of ketones is 1. The lowest BCUT2D eigenvalue weighted by Crippen LogP contribution is -2.35. The summed E-state index contributed by atoms with van der Waals surface area (Å²) in [5.41, 5.74) is 1.86. The molecule has 1 atom stereocenters. The van der Waals surface area contributed by atoms with E-state index >= 15 is 0 Å². The highest BCUT2D eigenvalue weighted by Crippen LogP contribution is 2.19. The second-order valence-electron chi connectivity index (χ2n) is 4.62.